The first-order chi connectivity index (χ1) is 17.2. The van der Waals surface area contributed by atoms with Crippen LogP contribution in [0.1, 0.15) is 25.5 Å². The number of halogens is 1. The van der Waals surface area contributed by atoms with Gasteiger partial charge in [0.2, 0.25) is 5.91 Å². The lowest BCUT2D eigenvalue weighted by atomic mass is 10.1. The highest BCUT2D eigenvalue weighted by Gasteiger charge is 2.28. The number of amides is 1. The number of nitrogens with zero attached hydrogens (tertiary/aromatic N) is 1. The predicted molar refractivity (Wildman–Crippen MR) is 140 cm³/mol. The maximum Gasteiger partial charge on any atom is 0.264 e. The highest BCUT2D eigenvalue weighted by atomic mass is 35.5. The van der Waals surface area contributed by atoms with E-state index in [0.717, 1.165) is 4.31 Å². The number of ether oxygens (including phenoxy) is 3. The molecule has 0 spiro atoms. The first-order valence-electron chi connectivity index (χ1n) is 11.2. The van der Waals surface area contributed by atoms with Gasteiger partial charge in [-0.2, -0.15) is 0 Å². The van der Waals surface area contributed by atoms with Crippen LogP contribution in [0.5, 0.6) is 17.2 Å². The first-order valence-corrected chi connectivity index (χ1v) is 13.0. The molecule has 0 fully saturated rings. The Labute approximate surface area is 216 Å². The summed E-state index contributed by atoms with van der Waals surface area (Å²) < 4.78 is 44.3. The van der Waals surface area contributed by atoms with Crippen LogP contribution >= 0.6 is 11.6 Å². The molecule has 8 nitrogen and oxygen atoms in total. The Morgan fingerprint density at radius 2 is 1.61 bits per heavy atom. The quantitative estimate of drug-likeness (QED) is 0.380. The van der Waals surface area contributed by atoms with Crippen molar-refractivity contribution in [1.29, 1.82) is 0 Å². The summed E-state index contributed by atoms with van der Waals surface area (Å²) in [5, 5.41) is 3.26. The van der Waals surface area contributed by atoms with Gasteiger partial charge in [-0.1, -0.05) is 11.6 Å². The number of rotatable bonds is 11. The zero-order valence-corrected chi connectivity index (χ0v) is 22.1. The van der Waals surface area contributed by atoms with Crippen LogP contribution in [0.15, 0.2) is 71.6 Å². The summed E-state index contributed by atoms with van der Waals surface area (Å²) in [7, 11) is -1.01. The van der Waals surface area contributed by atoms with Crippen molar-refractivity contribution < 1.29 is 27.4 Å². The van der Waals surface area contributed by atoms with Crippen LogP contribution in [0.4, 0.5) is 5.69 Å². The van der Waals surface area contributed by atoms with Crippen molar-refractivity contribution in [1.82, 2.24) is 5.32 Å². The molecule has 3 aromatic rings. The molecular weight excluding hydrogens is 504 g/mol. The zero-order valence-electron chi connectivity index (χ0n) is 20.5. The van der Waals surface area contributed by atoms with E-state index >= 15 is 0 Å². The summed E-state index contributed by atoms with van der Waals surface area (Å²) in [6, 6.07) is 17.1. The van der Waals surface area contributed by atoms with Gasteiger partial charge in [-0.3, -0.25) is 9.10 Å². The maximum absolute atomic E-state index is 13.6. The molecular formula is C26H29ClN2O6S. The van der Waals surface area contributed by atoms with E-state index in [1.54, 1.807) is 56.5 Å². The number of carbonyl (C=O) groups excluding carboxylic acids is 1. The third kappa shape index (κ3) is 6.41. The van der Waals surface area contributed by atoms with Gasteiger partial charge < -0.3 is 19.5 Å². The van der Waals surface area contributed by atoms with Crippen molar-refractivity contribution in [3.05, 3.63) is 77.3 Å². The molecule has 0 radical (unpaired) electrons. The van der Waals surface area contributed by atoms with Gasteiger partial charge in [0, 0.05) is 10.6 Å². The van der Waals surface area contributed by atoms with Crippen molar-refractivity contribution in [2.45, 2.75) is 24.8 Å². The van der Waals surface area contributed by atoms with E-state index in [1.807, 2.05) is 6.92 Å². The molecule has 1 atom stereocenters. The van der Waals surface area contributed by atoms with Gasteiger partial charge in [0.05, 0.1) is 37.5 Å². The van der Waals surface area contributed by atoms with Gasteiger partial charge in [0.1, 0.15) is 23.8 Å². The Hall–Kier alpha value is -3.43. The van der Waals surface area contributed by atoms with Crippen molar-refractivity contribution >= 4 is 33.2 Å². The lowest BCUT2D eigenvalue weighted by Crippen LogP contribution is -2.41. The largest absolute Gasteiger partial charge is 0.497 e. The lowest BCUT2D eigenvalue weighted by Gasteiger charge is -2.25. The smallest absolute Gasteiger partial charge is 0.264 e. The number of benzene rings is 3. The molecule has 192 valence electrons. The van der Waals surface area contributed by atoms with E-state index < -0.39 is 28.5 Å². The third-order valence-corrected chi connectivity index (χ3v) is 7.45. The molecule has 0 saturated carbocycles. The van der Waals surface area contributed by atoms with Crippen molar-refractivity contribution in [3.63, 3.8) is 0 Å². The summed E-state index contributed by atoms with van der Waals surface area (Å²) in [4.78, 5) is 13.1. The molecule has 0 aliphatic rings. The second-order valence-corrected chi connectivity index (χ2v) is 10.1. The number of anilines is 1. The summed E-state index contributed by atoms with van der Waals surface area (Å²) in [6.07, 6.45) is 0. The van der Waals surface area contributed by atoms with Gasteiger partial charge in [0.25, 0.3) is 10.0 Å². The fourth-order valence-electron chi connectivity index (χ4n) is 3.60. The van der Waals surface area contributed by atoms with Gasteiger partial charge in [0.15, 0.2) is 0 Å². The molecule has 0 aliphatic heterocycles. The minimum Gasteiger partial charge on any atom is -0.497 e. The van der Waals surface area contributed by atoms with Gasteiger partial charge in [-0.15, -0.1) is 0 Å². The minimum atomic E-state index is -4.09. The fraction of sp³-hybridized carbons (Fsp3) is 0.269. The second-order valence-electron chi connectivity index (χ2n) is 7.79. The Morgan fingerprint density at radius 1 is 0.972 bits per heavy atom. The van der Waals surface area contributed by atoms with Gasteiger partial charge >= 0.3 is 0 Å². The predicted octanol–water partition coefficient (Wildman–Crippen LogP) is 4.83. The van der Waals surface area contributed by atoms with E-state index in [0.29, 0.717) is 40.1 Å². The van der Waals surface area contributed by atoms with E-state index in [2.05, 4.69) is 5.32 Å². The molecule has 0 heterocycles. The van der Waals surface area contributed by atoms with E-state index in [9.17, 15) is 13.2 Å². The van der Waals surface area contributed by atoms with Crippen LogP contribution in [0.25, 0.3) is 0 Å². The van der Waals surface area contributed by atoms with Crippen LogP contribution in [0.2, 0.25) is 5.02 Å². The van der Waals surface area contributed by atoms with Crippen LogP contribution in [0.3, 0.4) is 0 Å². The van der Waals surface area contributed by atoms with E-state index in [-0.39, 0.29) is 4.90 Å². The molecule has 3 rings (SSSR count). The molecule has 0 bridgehead atoms. The lowest BCUT2D eigenvalue weighted by molar-refractivity contribution is -0.120. The Morgan fingerprint density at radius 3 is 2.19 bits per heavy atom. The number of hydrogen-bond donors (Lipinski definition) is 1. The first kappa shape index (κ1) is 27.2. The third-order valence-electron chi connectivity index (χ3n) is 5.41. The van der Waals surface area contributed by atoms with Crippen molar-refractivity contribution in [3.8, 4) is 17.2 Å². The van der Waals surface area contributed by atoms with Gasteiger partial charge in [-0.05, 0) is 80.6 Å². The Bertz CT molecular complexity index is 1280. The van der Waals surface area contributed by atoms with Crippen LogP contribution in [-0.4, -0.2) is 41.7 Å². The average molecular weight is 533 g/mol. The topological polar surface area (TPSA) is 94.2 Å². The van der Waals surface area contributed by atoms with Crippen molar-refractivity contribution in [2.24, 2.45) is 0 Å². The minimum absolute atomic E-state index is 0.0103. The molecule has 1 N–H and O–H groups in total. The number of methoxy groups -OCH3 is 2. The zero-order chi connectivity index (χ0) is 26.3. The molecule has 36 heavy (non-hydrogen) atoms. The van der Waals surface area contributed by atoms with E-state index in [1.165, 1.54) is 31.4 Å². The number of nitrogens with one attached hydrogen (secondary N) is 1. The highest BCUT2D eigenvalue weighted by molar-refractivity contribution is 7.92. The van der Waals surface area contributed by atoms with Crippen LogP contribution in [0, 0.1) is 0 Å². The highest BCUT2D eigenvalue weighted by Crippen LogP contribution is 2.30. The Balaban J connectivity index is 1.91. The molecule has 3 aromatic carbocycles. The normalized spacial score (nSPS) is 11.9. The molecule has 0 saturated heterocycles. The monoisotopic (exact) mass is 532 g/mol. The summed E-state index contributed by atoms with van der Waals surface area (Å²) in [5.74, 6) is 1.26. The van der Waals surface area contributed by atoms with Gasteiger partial charge in [-0.25, -0.2) is 8.42 Å². The fourth-order valence-corrected chi connectivity index (χ4v) is 5.14. The molecule has 1 amide bonds. The van der Waals surface area contributed by atoms with Crippen molar-refractivity contribution in [2.75, 3.05) is 31.7 Å². The number of carbonyl (C=O) groups is 1. The van der Waals surface area contributed by atoms with E-state index in [4.69, 9.17) is 25.8 Å². The second kappa shape index (κ2) is 12.0. The average Bonchev–Trinajstić information content (AvgIpc) is 2.87. The summed E-state index contributed by atoms with van der Waals surface area (Å²) >= 11 is 5.95. The Kier molecular flexibility index (Phi) is 9.06. The maximum atomic E-state index is 13.6. The standard InChI is InChI=1S/C26H29ClN2O6S/c1-5-35-21-10-8-20(9-11-21)29(36(31,32)23-13-6-19(27)7-14-23)17-26(30)28-18(2)24-16-22(33-3)12-15-25(24)34-4/h6-16,18H,5,17H2,1-4H3,(H,28,30). The molecule has 0 aromatic heterocycles. The molecule has 1 unspecified atom stereocenters. The molecule has 10 heteroatoms. The van der Waals surface area contributed by atoms with Crippen LogP contribution < -0.4 is 23.8 Å². The number of sulfonamides is 1. The summed E-state index contributed by atoms with van der Waals surface area (Å²) in [5.41, 5.74) is 1.01. The van der Waals surface area contributed by atoms with Crippen LogP contribution in [-0.2, 0) is 14.8 Å². The number of hydrogen-bond acceptors (Lipinski definition) is 6. The SMILES string of the molecule is CCOc1ccc(N(CC(=O)NC(C)c2cc(OC)ccc2OC)S(=O)(=O)c2ccc(Cl)cc2)cc1. The molecule has 0 aliphatic carbocycles. The summed E-state index contributed by atoms with van der Waals surface area (Å²) in [6.45, 7) is 3.66.